The van der Waals surface area contributed by atoms with Gasteiger partial charge in [0.15, 0.2) is 0 Å². The zero-order valence-electron chi connectivity index (χ0n) is 12.6. The lowest BCUT2D eigenvalue weighted by Crippen LogP contribution is -2.25. The van der Waals surface area contributed by atoms with Crippen LogP contribution in [0.15, 0.2) is 36.7 Å². The van der Waals surface area contributed by atoms with Crippen LogP contribution in [0.3, 0.4) is 0 Å². The molecular weight excluding hydrogens is 279 g/mol. The number of likely N-dealkylation sites (tertiary alicyclic amines) is 1. The van der Waals surface area contributed by atoms with Gasteiger partial charge in [0.05, 0.1) is 12.7 Å². The molecule has 0 amide bonds. The molecular formula is C17H21FN4. The molecule has 3 heterocycles. The average molecular weight is 300 g/mol. The van der Waals surface area contributed by atoms with E-state index in [1.165, 1.54) is 43.9 Å². The van der Waals surface area contributed by atoms with Gasteiger partial charge in [0.2, 0.25) is 0 Å². The van der Waals surface area contributed by atoms with E-state index >= 15 is 0 Å². The number of benzene rings is 1. The molecule has 2 aliphatic rings. The Morgan fingerprint density at radius 3 is 2.50 bits per heavy atom. The third-order valence-electron chi connectivity index (χ3n) is 4.82. The van der Waals surface area contributed by atoms with E-state index in [9.17, 15) is 4.39 Å². The fourth-order valence-electron chi connectivity index (χ4n) is 3.69. The quantitative estimate of drug-likeness (QED) is 0.933. The minimum atomic E-state index is -0.195. The average Bonchev–Trinajstić information content (AvgIpc) is 3.18. The van der Waals surface area contributed by atoms with Crippen molar-refractivity contribution >= 4 is 0 Å². The molecule has 0 bridgehead atoms. The van der Waals surface area contributed by atoms with Crippen molar-refractivity contribution < 1.29 is 4.39 Å². The molecule has 1 aromatic heterocycles. The molecule has 0 unspecified atom stereocenters. The largest absolute Gasteiger partial charge is 0.316 e. The Balaban J connectivity index is 1.36. The number of fused-ring (bicyclic) bond motifs is 1. The SMILES string of the molecule is Fc1ccc(Cn2cc(CN3C[C@H]4CNC[C@H]4C3)cn2)cc1. The van der Waals surface area contributed by atoms with Crippen LogP contribution in [0.25, 0.3) is 0 Å². The molecule has 2 atom stereocenters. The highest BCUT2D eigenvalue weighted by molar-refractivity contribution is 5.17. The predicted molar refractivity (Wildman–Crippen MR) is 82.9 cm³/mol. The third-order valence-corrected chi connectivity index (χ3v) is 4.82. The van der Waals surface area contributed by atoms with E-state index in [0.717, 1.165) is 23.9 Å². The van der Waals surface area contributed by atoms with Crippen molar-refractivity contribution in [2.45, 2.75) is 13.1 Å². The molecule has 5 heteroatoms. The molecule has 1 aromatic carbocycles. The van der Waals surface area contributed by atoms with Crippen molar-refractivity contribution in [2.24, 2.45) is 11.8 Å². The van der Waals surface area contributed by atoms with Gasteiger partial charge in [0, 0.05) is 31.4 Å². The second kappa shape index (κ2) is 5.82. The number of hydrogen-bond donors (Lipinski definition) is 1. The van der Waals surface area contributed by atoms with Crippen molar-refractivity contribution in [3.8, 4) is 0 Å². The standard InChI is InChI=1S/C17H21FN4/c18-17-3-1-13(2-4-17)9-22-10-14(5-20-22)8-21-11-15-6-19-7-16(15)12-21/h1-5,10,15-16,19H,6-9,11-12H2/t15-,16+. The molecule has 2 saturated heterocycles. The molecule has 0 saturated carbocycles. The Labute approximate surface area is 129 Å². The van der Waals surface area contributed by atoms with Gasteiger partial charge in [-0.1, -0.05) is 12.1 Å². The first-order chi connectivity index (χ1) is 10.8. The van der Waals surface area contributed by atoms with Gasteiger partial charge >= 0.3 is 0 Å². The molecule has 2 fully saturated rings. The predicted octanol–water partition coefficient (Wildman–Crippen LogP) is 1.72. The molecule has 1 N–H and O–H groups in total. The van der Waals surface area contributed by atoms with Crippen LogP contribution < -0.4 is 5.32 Å². The lowest BCUT2D eigenvalue weighted by Gasteiger charge is -2.15. The van der Waals surface area contributed by atoms with E-state index in [-0.39, 0.29) is 5.82 Å². The zero-order chi connectivity index (χ0) is 14.9. The molecule has 4 rings (SSSR count). The zero-order valence-corrected chi connectivity index (χ0v) is 12.6. The summed E-state index contributed by atoms with van der Waals surface area (Å²) in [6.07, 6.45) is 4.06. The van der Waals surface area contributed by atoms with Crippen LogP contribution >= 0.6 is 0 Å². The number of hydrogen-bond acceptors (Lipinski definition) is 3. The first-order valence-electron chi connectivity index (χ1n) is 7.95. The summed E-state index contributed by atoms with van der Waals surface area (Å²) in [5.74, 6) is 1.46. The fraction of sp³-hybridized carbons (Fsp3) is 0.471. The van der Waals surface area contributed by atoms with Crippen LogP contribution in [0.4, 0.5) is 4.39 Å². The van der Waals surface area contributed by atoms with Gasteiger partial charge in [-0.2, -0.15) is 5.10 Å². The summed E-state index contributed by atoms with van der Waals surface area (Å²) in [5, 5.41) is 7.91. The summed E-state index contributed by atoms with van der Waals surface area (Å²) in [7, 11) is 0. The molecule has 116 valence electrons. The molecule has 0 aliphatic carbocycles. The smallest absolute Gasteiger partial charge is 0.123 e. The molecule has 0 radical (unpaired) electrons. The highest BCUT2D eigenvalue weighted by atomic mass is 19.1. The maximum atomic E-state index is 12.9. The Bertz CT molecular complexity index is 624. The van der Waals surface area contributed by atoms with Crippen molar-refractivity contribution in [2.75, 3.05) is 26.2 Å². The van der Waals surface area contributed by atoms with E-state index in [2.05, 4.69) is 21.5 Å². The molecule has 4 nitrogen and oxygen atoms in total. The van der Waals surface area contributed by atoms with Crippen molar-refractivity contribution in [1.82, 2.24) is 20.0 Å². The van der Waals surface area contributed by atoms with Crippen molar-refractivity contribution in [3.05, 3.63) is 53.6 Å². The first-order valence-corrected chi connectivity index (χ1v) is 7.95. The number of nitrogens with one attached hydrogen (secondary N) is 1. The highest BCUT2D eigenvalue weighted by Crippen LogP contribution is 2.27. The fourth-order valence-corrected chi connectivity index (χ4v) is 3.69. The van der Waals surface area contributed by atoms with E-state index in [0.29, 0.717) is 6.54 Å². The van der Waals surface area contributed by atoms with Crippen molar-refractivity contribution in [1.29, 1.82) is 0 Å². The van der Waals surface area contributed by atoms with Crippen molar-refractivity contribution in [3.63, 3.8) is 0 Å². The van der Waals surface area contributed by atoms with E-state index in [1.807, 2.05) is 23.0 Å². The Hall–Kier alpha value is -1.72. The molecule has 2 aromatic rings. The van der Waals surface area contributed by atoms with Crippen LogP contribution in [-0.2, 0) is 13.1 Å². The summed E-state index contributed by atoms with van der Waals surface area (Å²) < 4.78 is 14.9. The van der Waals surface area contributed by atoms with Gasteiger partial charge in [0.1, 0.15) is 5.82 Å². The summed E-state index contributed by atoms with van der Waals surface area (Å²) in [6, 6.07) is 6.62. The van der Waals surface area contributed by atoms with Crippen LogP contribution in [0, 0.1) is 17.7 Å². The van der Waals surface area contributed by atoms with E-state index in [4.69, 9.17) is 0 Å². The maximum Gasteiger partial charge on any atom is 0.123 e. The Morgan fingerprint density at radius 2 is 1.77 bits per heavy atom. The summed E-state index contributed by atoms with van der Waals surface area (Å²) >= 11 is 0. The van der Waals surface area contributed by atoms with Gasteiger partial charge in [-0.15, -0.1) is 0 Å². The normalized spacial score (nSPS) is 24.8. The number of aromatic nitrogens is 2. The van der Waals surface area contributed by atoms with Crippen LogP contribution in [0.1, 0.15) is 11.1 Å². The second-order valence-corrected chi connectivity index (χ2v) is 6.55. The monoisotopic (exact) mass is 300 g/mol. The molecule has 22 heavy (non-hydrogen) atoms. The van der Waals surface area contributed by atoms with Crippen LogP contribution in [-0.4, -0.2) is 40.9 Å². The van der Waals surface area contributed by atoms with E-state index in [1.54, 1.807) is 0 Å². The van der Waals surface area contributed by atoms with Gasteiger partial charge < -0.3 is 5.32 Å². The van der Waals surface area contributed by atoms with Gasteiger partial charge in [0.25, 0.3) is 0 Å². The summed E-state index contributed by atoms with van der Waals surface area (Å²) in [5.41, 5.74) is 2.33. The first kappa shape index (κ1) is 13.9. The third kappa shape index (κ3) is 2.91. The highest BCUT2D eigenvalue weighted by Gasteiger charge is 2.35. The lowest BCUT2D eigenvalue weighted by atomic mass is 10.0. The number of nitrogens with zero attached hydrogens (tertiary/aromatic N) is 3. The van der Waals surface area contributed by atoms with Gasteiger partial charge in [-0.3, -0.25) is 9.58 Å². The molecule has 2 aliphatic heterocycles. The maximum absolute atomic E-state index is 12.9. The minimum Gasteiger partial charge on any atom is -0.316 e. The lowest BCUT2D eigenvalue weighted by molar-refractivity contribution is 0.305. The Kier molecular flexibility index (Phi) is 3.68. The second-order valence-electron chi connectivity index (χ2n) is 6.55. The minimum absolute atomic E-state index is 0.195. The van der Waals surface area contributed by atoms with E-state index < -0.39 is 0 Å². The summed E-state index contributed by atoms with van der Waals surface area (Å²) in [6.45, 7) is 6.41. The molecule has 0 spiro atoms. The number of rotatable bonds is 4. The number of halogens is 1. The van der Waals surface area contributed by atoms with Gasteiger partial charge in [-0.25, -0.2) is 4.39 Å². The summed E-state index contributed by atoms with van der Waals surface area (Å²) in [4.78, 5) is 2.54. The van der Waals surface area contributed by atoms with Gasteiger partial charge in [-0.05, 0) is 42.6 Å². The van der Waals surface area contributed by atoms with Crippen LogP contribution in [0.5, 0.6) is 0 Å². The van der Waals surface area contributed by atoms with Crippen LogP contribution in [0.2, 0.25) is 0 Å². The topological polar surface area (TPSA) is 33.1 Å². The Morgan fingerprint density at radius 1 is 1.05 bits per heavy atom.